The van der Waals surface area contributed by atoms with Crippen molar-refractivity contribution < 1.29 is 0 Å². The van der Waals surface area contributed by atoms with Gasteiger partial charge in [0.15, 0.2) is 0 Å². The number of hydrogen-bond acceptors (Lipinski definition) is 2. The lowest BCUT2D eigenvalue weighted by Crippen LogP contribution is -2.55. The molecule has 1 atom stereocenters. The van der Waals surface area contributed by atoms with Gasteiger partial charge in [-0.05, 0) is 31.0 Å². The predicted molar refractivity (Wildman–Crippen MR) is 82.4 cm³/mol. The number of benzene rings is 1. The summed E-state index contributed by atoms with van der Waals surface area (Å²) < 4.78 is 0. The molecule has 0 bridgehead atoms. The van der Waals surface area contributed by atoms with Gasteiger partial charge in [0, 0.05) is 31.6 Å². The Kier molecular flexibility index (Phi) is 4.21. The molecule has 0 aliphatic carbocycles. The van der Waals surface area contributed by atoms with Gasteiger partial charge in [0.2, 0.25) is 0 Å². The summed E-state index contributed by atoms with van der Waals surface area (Å²) in [5.41, 5.74) is 2.31. The zero-order valence-electron chi connectivity index (χ0n) is 11.1. The minimum absolute atomic E-state index is 0.529. The van der Waals surface area contributed by atoms with E-state index in [1.165, 1.54) is 25.8 Å². The summed E-state index contributed by atoms with van der Waals surface area (Å²) in [6.45, 7) is 4.57. The van der Waals surface area contributed by atoms with Crippen molar-refractivity contribution in [3.8, 4) is 0 Å². The number of anilines is 1. The van der Waals surface area contributed by atoms with Gasteiger partial charge in [0.05, 0.1) is 10.7 Å². The topological polar surface area (TPSA) is 6.48 Å². The Bertz CT molecular complexity index is 450. The van der Waals surface area contributed by atoms with Crippen molar-refractivity contribution in [3.05, 3.63) is 28.8 Å². The summed E-state index contributed by atoms with van der Waals surface area (Å²) in [5, 5.41) is 0.836. The van der Waals surface area contributed by atoms with E-state index in [1.54, 1.807) is 0 Å². The Morgan fingerprint density at radius 1 is 1.16 bits per heavy atom. The number of alkyl halides is 1. The first-order valence-corrected chi connectivity index (χ1v) is 8.03. The van der Waals surface area contributed by atoms with E-state index in [9.17, 15) is 0 Å². The molecule has 3 rings (SSSR count). The van der Waals surface area contributed by atoms with Crippen LogP contribution in [-0.4, -0.2) is 37.1 Å². The fourth-order valence-corrected chi connectivity index (χ4v) is 3.91. The first kappa shape index (κ1) is 13.5. The quantitative estimate of drug-likeness (QED) is 0.767. The summed E-state index contributed by atoms with van der Waals surface area (Å²) >= 11 is 12.5. The average molecular weight is 299 g/mol. The molecule has 2 aliphatic heterocycles. The normalized spacial score (nSPS) is 24.3. The van der Waals surface area contributed by atoms with Gasteiger partial charge in [-0.3, -0.25) is 4.90 Å². The molecule has 104 valence electrons. The van der Waals surface area contributed by atoms with E-state index in [0.717, 1.165) is 35.9 Å². The van der Waals surface area contributed by atoms with Crippen LogP contribution in [0.4, 0.5) is 5.69 Å². The number of rotatable bonds is 2. The SMILES string of the molecule is ClCc1cccc(Cl)c1N1CCN2CCCCC2C1. The highest BCUT2D eigenvalue weighted by atomic mass is 35.5. The van der Waals surface area contributed by atoms with Crippen LogP contribution in [-0.2, 0) is 5.88 Å². The van der Waals surface area contributed by atoms with Crippen LogP contribution in [0.2, 0.25) is 5.02 Å². The highest BCUT2D eigenvalue weighted by Crippen LogP contribution is 2.33. The minimum Gasteiger partial charge on any atom is -0.367 e. The predicted octanol–water partition coefficient (Wildman–Crippen LogP) is 3.75. The minimum atomic E-state index is 0.529. The van der Waals surface area contributed by atoms with Crippen molar-refractivity contribution in [1.29, 1.82) is 0 Å². The van der Waals surface area contributed by atoms with Crippen molar-refractivity contribution in [2.24, 2.45) is 0 Å². The molecule has 0 spiro atoms. The highest BCUT2D eigenvalue weighted by Gasteiger charge is 2.30. The molecular weight excluding hydrogens is 279 g/mol. The first-order valence-electron chi connectivity index (χ1n) is 7.12. The van der Waals surface area contributed by atoms with Gasteiger partial charge < -0.3 is 4.90 Å². The number of nitrogens with zero attached hydrogens (tertiary/aromatic N) is 2. The second-order valence-corrected chi connectivity index (χ2v) is 6.19. The Morgan fingerprint density at radius 2 is 2.05 bits per heavy atom. The standard InChI is InChI=1S/C15H20Cl2N2/c16-10-12-4-3-6-14(17)15(12)19-9-8-18-7-2-1-5-13(18)11-19/h3-4,6,13H,1-2,5,7-11H2. The molecule has 1 aromatic carbocycles. The molecule has 1 aromatic rings. The molecule has 2 nitrogen and oxygen atoms in total. The van der Waals surface area contributed by atoms with Crippen molar-refractivity contribution >= 4 is 28.9 Å². The lowest BCUT2D eigenvalue weighted by molar-refractivity contribution is 0.133. The van der Waals surface area contributed by atoms with Gasteiger partial charge in [-0.1, -0.05) is 30.2 Å². The van der Waals surface area contributed by atoms with E-state index < -0.39 is 0 Å². The molecule has 1 unspecified atom stereocenters. The zero-order valence-corrected chi connectivity index (χ0v) is 12.6. The number of para-hydroxylation sites is 1. The fraction of sp³-hybridized carbons (Fsp3) is 0.600. The summed E-state index contributed by atoms with van der Waals surface area (Å²) in [5.74, 6) is 0.529. The third-order valence-corrected chi connectivity index (χ3v) is 4.96. The molecule has 2 heterocycles. The van der Waals surface area contributed by atoms with E-state index in [4.69, 9.17) is 23.2 Å². The average Bonchev–Trinajstić information content (AvgIpc) is 2.46. The largest absolute Gasteiger partial charge is 0.367 e. The lowest BCUT2D eigenvalue weighted by atomic mass is 9.99. The molecule has 2 aliphatic rings. The van der Waals surface area contributed by atoms with Crippen LogP contribution in [0.5, 0.6) is 0 Å². The number of hydrogen-bond donors (Lipinski definition) is 0. The van der Waals surface area contributed by atoms with E-state index in [-0.39, 0.29) is 0 Å². The second-order valence-electron chi connectivity index (χ2n) is 5.51. The summed E-state index contributed by atoms with van der Waals surface area (Å²) in [6.07, 6.45) is 4.03. The lowest BCUT2D eigenvalue weighted by Gasteiger charge is -2.45. The maximum atomic E-state index is 6.40. The number of halogens is 2. The number of fused-ring (bicyclic) bond motifs is 1. The Balaban J connectivity index is 1.83. The van der Waals surface area contributed by atoms with Gasteiger partial charge >= 0.3 is 0 Å². The molecule has 19 heavy (non-hydrogen) atoms. The molecule has 0 amide bonds. The van der Waals surface area contributed by atoms with Gasteiger partial charge in [0.1, 0.15) is 0 Å². The number of piperazine rings is 1. The highest BCUT2D eigenvalue weighted by molar-refractivity contribution is 6.33. The van der Waals surface area contributed by atoms with Crippen molar-refractivity contribution in [2.75, 3.05) is 31.1 Å². The third kappa shape index (κ3) is 2.72. The smallest absolute Gasteiger partial charge is 0.0642 e. The van der Waals surface area contributed by atoms with E-state index in [0.29, 0.717) is 11.9 Å². The summed E-state index contributed by atoms with van der Waals surface area (Å²) in [6, 6.07) is 6.74. The van der Waals surface area contributed by atoms with Crippen LogP contribution in [0.1, 0.15) is 24.8 Å². The maximum absolute atomic E-state index is 6.40. The first-order chi connectivity index (χ1) is 9.29. The van der Waals surface area contributed by atoms with E-state index in [2.05, 4.69) is 15.9 Å². The van der Waals surface area contributed by atoms with Crippen LogP contribution in [0.25, 0.3) is 0 Å². The number of piperidine rings is 1. The summed E-state index contributed by atoms with van der Waals surface area (Å²) in [7, 11) is 0. The molecule has 0 saturated carbocycles. The third-order valence-electron chi connectivity index (χ3n) is 4.37. The second kappa shape index (κ2) is 5.90. The van der Waals surface area contributed by atoms with Gasteiger partial charge in [0.25, 0.3) is 0 Å². The Labute approximate surface area is 125 Å². The molecule has 0 N–H and O–H groups in total. The Hall–Kier alpha value is -0.440. The fourth-order valence-electron chi connectivity index (χ4n) is 3.38. The Morgan fingerprint density at radius 3 is 2.89 bits per heavy atom. The van der Waals surface area contributed by atoms with Crippen LogP contribution < -0.4 is 4.90 Å². The van der Waals surface area contributed by atoms with E-state index >= 15 is 0 Å². The van der Waals surface area contributed by atoms with Crippen LogP contribution >= 0.6 is 23.2 Å². The van der Waals surface area contributed by atoms with Crippen molar-refractivity contribution in [2.45, 2.75) is 31.2 Å². The van der Waals surface area contributed by atoms with Gasteiger partial charge in [-0.2, -0.15) is 0 Å². The zero-order chi connectivity index (χ0) is 13.2. The van der Waals surface area contributed by atoms with Crippen LogP contribution in [0.15, 0.2) is 18.2 Å². The van der Waals surface area contributed by atoms with Gasteiger partial charge in [-0.25, -0.2) is 0 Å². The maximum Gasteiger partial charge on any atom is 0.0642 e. The summed E-state index contributed by atoms with van der Waals surface area (Å²) in [4.78, 5) is 5.07. The van der Waals surface area contributed by atoms with Crippen LogP contribution in [0.3, 0.4) is 0 Å². The molecule has 0 radical (unpaired) electrons. The van der Waals surface area contributed by atoms with Gasteiger partial charge in [-0.15, -0.1) is 11.6 Å². The van der Waals surface area contributed by atoms with Crippen LogP contribution in [0, 0.1) is 0 Å². The molecular formula is C15H20Cl2N2. The van der Waals surface area contributed by atoms with E-state index in [1.807, 2.05) is 12.1 Å². The molecule has 2 fully saturated rings. The molecule has 0 aromatic heterocycles. The van der Waals surface area contributed by atoms with Crippen molar-refractivity contribution in [3.63, 3.8) is 0 Å². The molecule has 4 heteroatoms. The molecule has 2 saturated heterocycles. The van der Waals surface area contributed by atoms with Crippen molar-refractivity contribution in [1.82, 2.24) is 4.90 Å². The monoisotopic (exact) mass is 298 g/mol.